The van der Waals surface area contributed by atoms with E-state index in [0.29, 0.717) is 5.92 Å². The van der Waals surface area contributed by atoms with Gasteiger partial charge in [-0.25, -0.2) is 0 Å². The average Bonchev–Trinajstić information content (AvgIpc) is 2.71. The van der Waals surface area contributed by atoms with Crippen LogP contribution in [0.25, 0.3) is 12.2 Å². The van der Waals surface area contributed by atoms with Crippen LogP contribution in [0.1, 0.15) is 40.9 Å². The third-order valence-corrected chi connectivity index (χ3v) is 3.49. The van der Waals surface area contributed by atoms with Gasteiger partial charge in [0.05, 0.1) is 4.88 Å². The highest BCUT2D eigenvalue weighted by Crippen LogP contribution is 2.28. The zero-order valence-corrected chi connectivity index (χ0v) is 11.6. The maximum Gasteiger partial charge on any atom is 0.261 e. The Labute approximate surface area is 107 Å². The van der Waals surface area contributed by atoms with Crippen LogP contribution in [-0.4, -0.2) is 13.0 Å². The summed E-state index contributed by atoms with van der Waals surface area (Å²) in [4.78, 5) is 13.4. The van der Waals surface area contributed by atoms with Gasteiger partial charge in [-0.15, -0.1) is 11.3 Å². The second kappa shape index (κ2) is 6.40. The second-order valence-corrected chi connectivity index (χ2v) is 4.67. The summed E-state index contributed by atoms with van der Waals surface area (Å²) >= 11 is 1.53. The first kappa shape index (κ1) is 13.7. The van der Waals surface area contributed by atoms with Crippen LogP contribution in [0.3, 0.4) is 0 Å². The maximum absolute atomic E-state index is 11.4. The molecule has 1 aliphatic carbocycles. The highest BCUT2D eigenvalue weighted by molar-refractivity contribution is 7.15. The Balaban J connectivity index is 0.000000686. The van der Waals surface area contributed by atoms with Gasteiger partial charge in [0, 0.05) is 11.9 Å². The molecular weight excluding hydrogens is 230 g/mol. The van der Waals surface area contributed by atoms with Crippen LogP contribution >= 0.6 is 11.3 Å². The van der Waals surface area contributed by atoms with Crippen LogP contribution in [0.4, 0.5) is 0 Å². The van der Waals surface area contributed by atoms with E-state index < -0.39 is 0 Å². The molecule has 1 aromatic heterocycles. The Morgan fingerprint density at radius 1 is 1.29 bits per heavy atom. The van der Waals surface area contributed by atoms with Gasteiger partial charge in [-0.2, -0.15) is 0 Å². The molecule has 1 aliphatic rings. The monoisotopic (exact) mass is 249 g/mol. The highest BCUT2D eigenvalue weighted by Gasteiger charge is 2.11. The largest absolute Gasteiger partial charge is 0.354 e. The Kier molecular flexibility index (Phi) is 5.16. The van der Waals surface area contributed by atoms with E-state index in [-0.39, 0.29) is 5.91 Å². The van der Waals surface area contributed by atoms with E-state index in [1.54, 1.807) is 7.05 Å². The summed E-state index contributed by atoms with van der Waals surface area (Å²) in [5, 5.41) is 2.64. The first-order valence-corrected chi connectivity index (χ1v) is 6.74. The number of carbonyl (C=O) groups is 1. The van der Waals surface area contributed by atoms with Gasteiger partial charge in [0.25, 0.3) is 5.91 Å². The molecule has 1 atom stereocenters. The summed E-state index contributed by atoms with van der Waals surface area (Å²) in [5.74, 6) is 0.455. The minimum atomic E-state index is -0.0112. The molecular formula is C14H19NOS. The normalized spacial score (nSPS) is 16.6. The number of hydrogen-bond acceptors (Lipinski definition) is 2. The van der Waals surface area contributed by atoms with Crippen LogP contribution in [-0.2, 0) is 0 Å². The zero-order valence-electron chi connectivity index (χ0n) is 10.8. The van der Waals surface area contributed by atoms with E-state index >= 15 is 0 Å². The fourth-order valence-corrected chi connectivity index (χ4v) is 2.48. The Morgan fingerprint density at radius 2 is 1.94 bits per heavy atom. The minimum Gasteiger partial charge on any atom is -0.354 e. The quantitative estimate of drug-likeness (QED) is 0.805. The van der Waals surface area contributed by atoms with Crippen molar-refractivity contribution in [3.8, 4) is 0 Å². The molecule has 1 unspecified atom stereocenters. The summed E-state index contributed by atoms with van der Waals surface area (Å²) in [6.07, 6.45) is 8.47. The molecule has 0 aliphatic heterocycles. The Bertz CT molecular complexity index is 412. The van der Waals surface area contributed by atoms with E-state index in [2.05, 4.69) is 36.5 Å². The SMILES string of the molecule is CC.CNC(=O)c1cc2c(s1)C=CC(C)C=C2. The van der Waals surface area contributed by atoms with Crippen molar-refractivity contribution in [1.82, 2.24) is 5.32 Å². The summed E-state index contributed by atoms with van der Waals surface area (Å²) in [7, 11) is 1.65. The van der Waals surface area contributed by atoms with Gasteiger partial charge in [-0.1, -0.05) is 39.0 Å². The van der Waals surface area contributed by atoms with Crippen molar-refractivity contribution in [2.75, 3.05) is 7.05 Å². The highest BCUT2D eigenvalue weighted by atomic mass is 32.1. The van der Waals surface area contributed by atoms with Gasteiger partial charge in [0.2, 0.25) is 0 Å². The number of amides is 1. The molecule has 2 nitrogen and oxygen atoms in total. The van der Waals surface area contributed by atoms with Gasteiger partial charge >= 0.3 is 0 Å². The lowest BCUT2D eigenvalue weighted by Crippen LogP contribution is -2.16. The smallest absolute Gasteiger partial charge is 0.261 e. The molecule has 0 saturated heterocycles. The Morgan fingerprint density at radius 3 is 2.59 bits per heavy atom. The van der Waals surface area contributed by atoms with E-state index in [0.717, 1.165) is 15.3 Å². The van der Waals surface area contributed by atoms with E-state index in [1.165, 1.54) is 11.3 Å². The minimum absolute atomic E-state index is 0.0112. The molecule has 2 rings (SSSR count). The average molecular weight is 249 g/mol. The van der Waals surface area contributed by atoms with Gasteiger partial charge < -0.3 is 5.32 Å². The lowest BCUT2D eigenvalue weighted by Gasteiger charge is -1.93. The molecule has 0 spiro atoms. The maximum atomic E-state index is 11.4. The van der Waals surface area contributed by atoms with Gasteiger partial charge in [-0.05, 0) is 23.6 Å². The number of nitrogens with one attached hydrogen (secondary N) is 1. The van der Waals surface area contributed by atoms with Crippen molar-refractivity contribution >= 4 is 29.4 Å². The number of hydrogen-bond donors (Lipinski definition) is 1. The third-order valence-electron chi connectivity index (χ3n) is 2.37. The number of allylic oxidation sites excluding steroid dienone is 2. The topological polar surface area (TPSA) is 29.1 Å². The first-order chi connectivity index (χ1) is 8.20. The fraction of sp³-hybridized carbons (Fsp3) is 0.357. The van der Waals surface area contributed by atoms with Crippen LogP contribution < -0.4 is 5.32 Å². The van der Waals surface area contributed by atoms with Crippen LogP contribution in [0.15, 0.2) is 18.2 Å². The predicted molar refractivity (Wildman–Crippen MR) is 76.3 cm³/mol. The van der Waals surface area contributed by atoms with E-state index in [9.17, 15) is 4.79 Å². The van der Waals surface area contributed by atoms with Crippen LogP contribution in [0, 0.1) is 5.92 Å². The molecule has 0 radical (unpaired) electrons. The van der Waals surface area contributed by atoms with Crippen molar-refractivity contribution in [2.45, 2.75) is 20.8 Å². The first-order valence-electron chi connectivity index (χ1n) is 5.93. The van der Waals surface area contributed by atoms with Gasteiger partial charge in [0.1, 0.15) is 0 Å². The van der Waals surface area contributed by atoms with Crippen molar-refractivity contribution in [2.24, 2.45) is 5.92 Å². The molecule has 1 heterocycles. The summed E-state index contributed by atoms with van der Waals surface area (Å²) in [5.41, 5.74) is 1.14. The van der Waals surface area contributed by atoms with Crippen molar-refractivity contribution in [1.29, 1.82) is 0 Å². The number of carbonyl (C=O) groups excluding carboxylic acids is 1. The lowest BCUT2D eigenvalue weighted by molar-refractivity contribution is 0.0967. The second-order valence-electron chi connectivity index (χ2n) is 3.59. The fourth-order valence-electron chi connectivity index (χ4n) is 1.47. The summed E-state index contributed by atoms with van der Waals surface area (Å²) < 4.78 is 0. The van der Waals surface area contributed by atoms with E-state index in [4.69, 9.17) is 0 Å². The predicted octanol–water partition coefficient (Wildman–Crippen LogP) is 3.81. The molecule has 1 amide bonds. The molecule has 3 heteroatoms. The molecule has 0 saturated carbocycles. The van der Waals surface area contributed by atoms with Crippen LogP contribution in [0.5, 0.6) is 0 Å². The molecule has 0 fully saturated rings. The number of thiophene rings is 1. The molecule has 1 aromatic rings. The summed E-state index contributed by atoms with van der Waals surface area (Å²) in [6.45, 7) is 6.14. The lowest BCUT2D eigenvalue weighted by atomic mass is 10.1. The molecule has 0 aromatic carbocycles. The molecule has 1 N–H and O–H groups in total. The molecule has 92 valence electrons. The van der Waals surface area contributed by atoms with Crippen molar-refractivity contribution in [3.05, 3.63) is 33.5 Å². The molecule has 17 heavy (non-hydrogen) atoms. The van der Waals surface area contributed by atoms with Crippen molar-refractivity contribution in [3.63, 3.8) is 0 Å². The van der Waals surface area contributed by atoms with Crippen molar-refractivity contribution < 1.29 is 4.79 Å². The van der Waals surface area contributed by atoms with Crippen LogP contribution in [0.2, 0.25) is 0 Å². The number of rotatable bonds is 1. The van der Waals surface area contributed by atoms with E-state index in [1.807, 2.05) is 19.9 Å². The number of fused-ring (bicyclic) bond motifs is 1. The zero-order chi connectivity index (χ0) is 12.8. The molecule has 0 bridgehead atoms. The summed E-state index contributed by atoms with van der Waals surface area (Å²) in [6, 6.07) is 1.94. The third kappa shape index (κ3) is 3.30. The standard InChI is InChI=1S/C12H13NOS.C2H6/c1-8-3-5-9-7-11(12(14)13-2)15-10(9)6-4-8;1-2/h3-8H,1-2H3,(H,13,14);1-2H3. The van der Waals surface area contributed by atoms with Gasteiger partial charge in [-0.3, -0.25) is 4.79 Å². The van der Waals surface area contributed by atoms with Gasteiger partial charge in [0.15, 0.2) is 0 Å². The Hall–Kier alpha value is -1.35.